The third-order valence-electron chi connectivity index (χ3n) is 5.11. The molecule has 3 rings (SSSR count). The van der Waals surface area contributed by atoms with Crippen molar-refractivity contribution < 1.29 is 0 Å². The van der Waals surface area contributed by atoms with E-state index in [0.717, 1.165) is 22.8 Å². The highest BCUT2D eigenvalue weighted by Gasteiger charge is 2.30. The molecule has 2 nitrogen and oxygen atoms in total. The highest BCUT2D eigenvalue weighted by molar-refractivity contribution is 6.33. The summed E-state index contributed by atoms with van der Waals surface area (Å²) in [7, 11) is 0. The third kappa shape index (κ3) is 3.43. The van der Waals surface area contributed by atoms with Crippen molar-refractivity contribution in [2.45, 2.75) is 47.1 Å². The lowest BCUT2D eigenvalue weighted by atomic mass is 9.88. The summed E-state index contributed by atoms with van der Waals surface area (Å²) in [5.74, 6) is 0. The standard InChI is InChI=1S/C23H27ClN2/c1-7-26-22-12-20(24)18(11-19(22)17(4)13-23(26,5)6)14-25-21-9-8-15(2)10-16(21)3/h8-14H,7H2,1-6H3. The number of hydrogen-bond acceptors (Lipinski definition) is 2. The first kappa shape index (κ1) is 18.7. The lowest BCUT2D eigenvalue weighted by Crippen LogP contribution is -2.44. The fourth-order valence-electron chi connectivity index (χ4n) is 3.88. The van der Waals surface area contributed by atoms with Gasteiger partial charge in [0.1, 0.15) is 0 Å². The maximum Gasteiger partial charge on any atom is 0.0659 e. The molecule has 0 saturated heterocycles. The van der Waals surface area contributed by atoms with Crippen LogP contribution < -0.4 is 4.90 Å². The minimum absolute atomic E-state index is 0.0101. The second kappa shape index (κ2) is 6.92. The molecular formula is C23H27ClN2. The largest absolute Gasteiger partial charge is 0.363 e. The fourth-order valence-corrected chi connectivity index (χ4v) is 4.09. The maximum absolute atomic E-state index is 6.62. The Kier molecular flexibility index (Phi) is 4.98. The summed E-state index contributed by atoms with van der Waals surface area (Å²) in [4.78, 5) is 7.07. The molecule has 3 heteroatoms. The Morgan fingerprint density at radius 2 is 1.85 bits per heavy atom. The number of allylic oxidation sites excluding steroid dienone is 1. The minimum atomic E-state index is -0.0101. The van der Waals surface area contributed by atoms with E-state index in [1.54, 1.807) is 0 Å². The average molecular weight is 367 g/mol. The zero-order valence-electron chi connectivity index (χ0n) is 16.5. The Bertz CT molecular complexity index is 907. The van der Waals surface area contributed by atoms with Crippen LogP contribution in [0.15, 0.2) is 41.4 Å². The first-order valence-corrected chi connectivity index (χ1v) is 9.53. The molecular weight excluding hydrogens is 340 g/mol. The Morgan fingerprint density at radius 3 is 2.50 bits per heavy atom. The Morgan fingerprint density at radius 1 is 1.12 bits per heavy atom. The van der Waals surface area contributed by atoms with Crippen molar-refractivity contribution in [3.63, 3.8) is 0 Å². The van der Waals surface area contributed by atoms with Gasteiger partial charge in [0.05, 0.1) is 16.2 Å². The van der Waals surface area contributed by atoms with Crippen LogP contribution in [0.2, 0.25) is 5.02 Å². The van der Waals surface area contributed by atoms with Crippen molar-refractivity contribution in [3.8, 4) is 0 Å². The monoisotopic (exact) mass is 366 g/mol. The van der Waals surface area contributed by atoms with Crippen LogP contribution >= 0.6 is 11.6 Å². The molecule has 0 bridgehead atoms. The van der Waals surface area contributed by atoms with Crippen LogP contribution in [0, 0.1) is 13.8 Å². The normalized spacial score (nSPS) is 16.0. The summed E-state index contributed by atoms with van der Waals surface area (Å²) in [5.41, 5.74) is 8.06. The predicted octanol–water partition coefficient (Wildman–Crippen LogP) is 6.73. The topological polar surface area (TPSA) is 15.6 Å². The molecule has 0 saturated carbocycles. The van der Waals surface area contributed by atoms with Crippen molar-refractivity contribution in [1.82, 2.24) is 0 Å². The van der Waals surface area contributed by atoms with E-state index >= 15 is 0 Å². The van der Waals surface area contributed by atoms with Gasteiger partial charge in [-0.25, -0.2) is 0 Å². The van der Waals surface area contributed by atoms with Crippen LogP contribution in [-0.4, -0.2) is 18.3 Å². The molecule has 2 aromatic carbocycles. The van der Waals surface area contributed by atoms with E-state index in [0.29, 0.717) is 0 Å². The van der Waals surface area contributed by atoms with Crippen molar-refractivity contribution in [3.05, 3.63) is 63.7 Å². The van der Waals surface area contributed by atoms with Crippen LogP contribution in [0.5, 0.6) is 0 Å². The molecule has 0 N–H and O–H groups in total. The third-order valence-corrected chi connectivity index (χ3v) is 5.43. The van der Waals surface area contributed by atoms with E-state index in [-0.39, 0.29) is 5.54 Å². The molecule has 0 amide bonds. The van der Waals surface area contributed by atoms with Crippen molar-refractivity contribution >= 4 is 34.8 Å². The number of fused-ring (bicyclic) bond motifs is 1. The van der Waals surface area contributed by atoms with E-state index in [2.05, 4.69) is 87.8 Å². The number of benzene rings is 2. The van der Waals surface area contributed by atoms with Gasteiger partial charge >= 0.3 is 0 Å². The maximum atomic E-state index is 6.62. The number of hydrogen-bond donors (Lipinski definition) is 0. The number of anilines is 1. The summed E-state index contributed by atoms with van der Waals surface area (Å²) >= 11 is 6.62. The predicted molar refractivity (Wildman–Crippen MR) is 115 cm³/mol. The second-order valence-electron chi connectivity index (χ2n) is 7.66. The molecule has 0 radical (unpaired) electrons. The quantitative estimate of drug-likeness (QED) is 0.550. The number of aliphatic imine (C=N–C) groups is 1. The fraction of sp³-hybridized carbons (Fsp3) is 0.348. The van der Waals surface area contributed by atoms with Gasteiger partial charge in [0.15, 0.2) is 0 Å². The van der Waals surface area contributed by atoms with Crippen LogP contribution in [-0.2, 0) is 0 Å². The SMILES string of the molecule is CCN1c2cc(Cl)c(C=Nc3ccc(C)cc3C)cc2C(C)=CC1(C)C. The van der Waals surface area contributed by atoms with Crippen LogP contribution in [0.1, 0.15) is 49.9 Å². The molecule has 0 aliphatic carbocycles. The summed E-state index contributed by atoms with van der Waals surface area (Å²) in [6.07, 6.45) is 4.21. The number of aryl methyl sites for hydroxylation is 2. The average Bonchev–Trinajstić information content (AvgIpc) is 2.54. The van der Waals surface area contributed by atoms with Crippen molar-refractivity contribution in [2.75, 3.05) is 11.4 Å². The smallest absolute Gasteiger partial charge is 0.0659 e. The molecule has 0 spiro atoms. The van der Waals surface area contributed by atoms with Gasteiger partial charge in [-0.2, -0.15) is 0 Å². The zero-order valence-corrected chi connectivity index (χ0v) is 17.3. The molecule has 0 atom stereocenters. The number of halogens is 1. The van der Waals surface area contributed by atoms with Gasteiger partial charge in [-0.1, -0.05) is 35.4 Å². The van der Waals surface area contributed by atoms with Gasteiger partial charge in [0.25, 0.3) is 0 Å². The molecule has 26 heavy (non-hydrogen) atoms. The molecule has 1 heterocycles. The summed E-state index contributed by atoms with van der Waals surface area (Å²) < 4.78 is 0. The molecule has 1 aliphatic rings. The molecule has 2 aromatic rings. The lowest BCUT2D eigenvalue weighted by molar-refractivity contribution is 0.566. The molecule has 0 fully saturated rings. The Labute approximate surface area is 162 Å². The minimum Gasteiger partial charge on any atom is -0.363 e. The van der Waals surface area contributed by atoms with Gasteiger partial charge in [-0.05, 0) is 70.9 Å². The first-order valence-electron chi connectivity index (χ1n) is 9.15. The summed E-state index contributed by atoms with van der Waals surface area (Å²) in [5, 5.41) is 0.737. The zero-order chi connectivity index (χ0) is 19.1. The molecule has 0 unspecified atom stereocenters. The first-order chi connectivity index (χ1) is 12.2. The van der Waals surface area contributed by atoms with Gasteiger partial charge in [0, 0.05) is 29.6 Å². The second-order valence-corrected chi connectivity index (χ2v) is 8.07. The molecule has 136 valence electrons. The summed E-state index contributed by atoms with van der Waals surface area (Å²) in [6.45, 7) is 14.0. The number of likely N-dealkylation sites (N-methyl/N-ethyl adjacent to an activating group) is 1. The van der Waals surface area contributed by atoms with E-state index in [9.17, 15) is 0 Å². The van der Waals surface area contributed by atoms with Gasteiger partial charge in [0.2, 0.25) is 0 Å². The van der Waals surface area contributed by atoms with Gasteiger partial charge in [-0.15, -0.1) is 0 Å². The summed E-state index contributed by atoms with van der Waals surface area (Å²) in [6, 6.07) is 10.5. The van der Waals surface area contributed by atoms with Crippen LogP contribution in [0.3, 0.4) is 0 Å². The highest BCUT2D eigenvalue weighted by atomic mass is 35.5. The number of nitrogens with zero attached hydrogens (tertiary/aromatic N) is 2. The Hall–Kier alpha value is -2.06. The van der Waals surface area contributed by atoms with E-state index in [1.807, 2.05) is 6.21 Å². The van der Waals surface area contributed by atoms with Crippen LogP contribution in [0.25, 0.3) is 5.57 Å². The highest BCUT2D eigenvalue weighted by Crippen LogP contribution is 2.41. The van der Waals surface area contributed by atoms with Gasteiger partial charge < -0.3 is 4.90 Å². The van der Waals surface area contributed by atoms with E-state index < -0.39 is 0 Å². The van der Waals surface area contributed by atoms with Crippen LogP contribution in [0.4, 0.5) is 11.4 Å². The molecule has 1 aliphatic heterocycles. The Balaban J connectivity index is 2.04. The van der Waals surface area contributed by atoms with Gasteiger partial charge in [-0.3, -0.25) is 4.99 Å². The van der Waals surface area contributed by atoms with Crippen molar-refractivity contribution in [2.24, 2.45) is 4.99 Å². The van der Waals surface area contributed by atoms with Crippen molar-refractivity contribution in [1.29, 1.82) is 0 Å². The molecule has 0 aromatic heterocycles. The van der Waals surface area contributed by atoms with E-state index in [4.69, 9.17) is 11.6 Å². The lowest BCUT2D eigenvalue weighted by Gasteiger charge is -2.43. The van der Waals surface area contributed by atoms with E-state index in [1.165, 1.54) is 28.0 Å². The number of rotatable bonds is 3.